The molecule has 0 aliphatic carbocycles. The van der Waals surface area contributed by atoms with Crippen LogP contribution in [0, 0.1) is 5.82 Å². The fourth-order valence-corrected chi connectivity index (χ4v) is 2.73. The molecule has 29 heavy (non-hydrogen) atoms. The van der Waals surface area contributed by atoms with E-state index in [1.807, 2.05) is 44.2 Å². The van der Waals surface area contributed by atoms with Gasteiger partial charge in [-0.3, -0.25) is 4.79 Å². The number of hydrogen-bond acceptors (Lipinski definition) is 2. The molecule has 0 atom stereocenters. The number of rotatable bonds is 9. The lowest BCUT2D eigenvalue weighted by Gasteiger charge is -2.12. The number of halogens is 2. The van der Waals surface area contributed by atoms with Crippen molar-refractivity contribution in [2.75, 3.05) is 18.4 Å². The molecule has 0 unspecified atom stereocenters. The zero-order valence-corrected chi connectivity index (χ0v) is 19.3. The van der Waals surface area contributed by atoms with E-state index in [4.69, 9.17) is 0 Å². The molecule has 158 valence electrons. The molecule has 0 aliphatic heterocycles. The van der Waals surface area contributed by atoms with E-state index >= 15 is 0 Å². The Kier molecular flexibility index (Phi) is 11.9. The molecule has 0 radical (unpaired) electrons. The van der Waals surface area contributed by atoms with Gasteiger partial charge in [0.1, 0.15) is 5.82 Å². The van der Waals surface area contributed by atoms with Gasteiger partial charge in [0.05, 0.1) is 6.54 Å². The van der Waals surface area contributed by atoms with Crippen LogP contribution in [0.3, 0.4) is 0 Å². The first-order valence-electron chi connectivity index (χ1n) is 9.76. The largest absolute Gasteiger partial charge is 0.357 e. The van der Waals surface area contributed by atoms with Gasteiger partial charge in [-0.25, -0.2) is 9.38 Å². The van der Waals surface area contributed by atoms with Crippen LogP contribution in [0.1, 0.15) is 37.8 Å². The number of nitrogens with zero attached hydrogens (tertiary/aromatic N) is 1. The van der Waals surface area contributed by atoms with Gasteiger partial charge in [-0.2, -0.15) is 0 Å². The highest BCUT2D eigenvalue weighted by molar-refractivity contribution is 14.0. The summed E-state index contributed by atoms with van der Waals surface area (Å²) in [5.41, 5.74) is 2.74. The van der Waals surface area contributed by atoms with Crippen molar-refractivity contribution >= 4 is 41.5 Å². The number of guanidine groups is 1. The molecule has 0 aliphatic rings. The summed E-state index contributed by atoms with van der Waals surface area (Å²) in [5, 5.41) is 9.38. The van der Waals surface area contributed by atoms with Crippen LogP contribution >= 0.6 is 24.0 Å². The molecule has 0 fully saturated rings. The Bertz CT molecular complexity index is 798. The van der Waals surface area contributed by atoms with Crippen LogP contribution in [0.25, 0.3) is 0 Å². The standard InChI is InChI=1S/C22H29FN4O.HI/c1-3-7-21(28)27-20-11-6-9-18(15-20)16-26-22(24-4-2)25-13-12-17-8-5-10-19(23)14-17;/h5-6,8-11,14-15H,3-4,7,12-13,16H2,1-2H3,(H,27,28)(H2,24,25,26);1H. The molecule has 0 spiro atoms. The van der Waals surface area contributed by atoms with Gasteiger partial charge in [0.25, 0.3) is 0 Å². The Balaban J connectivity index is 0.00000420. The Labute approximate surface area is 189 Å². The normalized spacial score (nSPS) is 10.8. The van der Waals surface area contributed by atoms with E-state index in [2.05, 4.69) is 20.9 Å². The average Bonchev–Trinajstić information content (AvgIpc) is 2.66. The van der Waals surface area contributed by atoms with Gasteiger partial charge in [0.2, 0.25) is 5.91 Å². The third-order valence-corrected chi connectivity index (χ3v) is 4.05. The van der Waals surface area contributed by atoms with Gasteiger partial charge in [-0.15, -0.1) is 24.0 Å². The van der Waals surface area contributed by atoms with E-state index in [9.17, 15) is 9.18 Å². The third kappa shape index (κ3) is 9.74. The Morgan fingerprint density at radius 2 is 1.79 bits per heavy atom. The molecule has 5 nitrogen and oxygen atoms in total. The van der Waals surface area contributed by atoms with Crippen LogP contribution in [0.15, 0.2) is 53.5 Å². The van der Waals surface area contributed by atoms with Crippen LogP contribution in [0.2, 0.25) is 0 Å². The number of carbonyl (C=O) groups excluding carboxylic acids is 1. The van der Waals surface area contributed by atoms with Crippen molar-refractivity contribution in [2.24, 2.45) is 4.99 Å². The van der Waals surface area contributed by atoms with E-state index in [-0.39, 0.29) is 35.7 Å². The molecule has 1 amide bonds. The highest BCUT2D eigenvalue weighted by Crippen LogP contribution is 2.12. The summed E-state index contributed by atoms with van der Waals surface area (Å²) in [6.07, 6.45) is 2.05. The maximum Gasteiger partial charge on any atom is 0.224 e. The summed E-state index contributed by atoms with van der Waals surface area (Å²) in [6, 6.07) is 14.3. The zero-order valence-electron chi connectivity index (χ0n) is 17.0. The Morgan fingerprint density at radius 1 is 1.03 bits per heavy atom. The van der Waals surface area contributed by atoms with E-state index in [0.717, 1.165) is 29.8 Å². The topological polar surface area (TPSA) is 65.5 Å². The minimum absolute atomic E-state index is 0. The molecule has 0 saturated carbocycles. The number of aliphatic imine (C=N–C) groups is 1. The minimum Gasteiger partial charge on any atom is -0.357 e. The zero-order chi connectivity index (χ0) is 20.2. The molecule has 0 aromatic heterocycles. The van der Waals surface area contributed by atoms with Crippen LogP contribution in [-0.2, 0) is 17.8 Å². The fraction of sp³-hybridized carbons (Fsp3) is 0.364. The molecule has 3 N–H and O–H groups in total. The maximum atomic E-state index is 13.3. The molecular weight excluding hydrogens is 482 g/mol. The molecule has 7 heteroatoms. The van der Waals surface area contributed by atoms with E-state index in [1.54, 1.807) is 12.1 Å². The molecule has 0 bridgehead atoms. The summed E-state index contributed by atoms with van der Waals surface area (Å²) >= 11 is 0. The third-order valence-electron chi connectivity index (χ3n) is 4.05. The number of carbonyl (C=O) groups is 1. The summed E-state index contributed by atoms with van der Waals surface area (Å²) in [6.45, 7) is 5.88. The van der Waals surface area contributed by atoms with Gasteiger partial charge in [0, 0.05) is 25.2 Å². The lowest BCUT2D eigenvalue weighted by molar-refractivity contribution is -0.116. The monoisotopic (exact) mass is 512 g/mol. The van der Waals surface area contributed by atoms with Gasteiger partial charge < -0.3 is 16.0 Å². The molecular formula is C22H30FIN4O. The SMILES string of the molecule is CCCC(=O)Nc1cccc(CN=C(NCC)NCCc2cccc(F)c2)c1.I. The molecule has 0 saturated heterocycles. The van der Waals surface area contributed by atoms with Crippen LogP contribution in [-0.4, -0.2) is 25.0 Å². The van der Waals surface area contributed by atoms with Gasteiger partial charge in [-0.1, -0.05) is 31.2 Å². The summed E-state index contributed by atoms with van der Waals surface area (Å²) in [5.74, 6) is 0.513. The second-order valence-corrected chi connectivity index (χ2v) is 6.50. The molecule has 2 aromatic rings. The smallest absolute Gasteiger partial charge is 0.224 e. The first-order chi connectivity index (χ1) is 13.6. The summed E-state index contributed by atoms with van der Waals surface area (Å²) < 4.78 is 13.3. The summed E-state index contributed by atoms with van der Waals surface area (Å²) in [7, 11) is 0. The highest BCUT2D eigenvalue weighted by atomic mass is 127. The number of benzene rings is 2. The summed E-state index contributed by atoms with van der Waals surface area (Å²) in [4.78, 5) is 16.3. The molecule has 0 heterocycles. The van der Waals surface area contributed by atoms with E-state index in [1.165, 1.54) is 6.07 Å². The fourth-order valence-electron chi connectivity index (χ4n) is 2.73. The van der Waals surface area contributed by atoms with Crippen LogP contribution in [0.5, 0.6) is 0 Å². The van der Waals surface area contributed by atoms with Gasteiger partial charge in [-0.05, 0) is 55.2 Å². The predicted octanol–water partition coefficient (Wildman–Crippen LogP) is 4.48. The van der Waals surface area contributed by atoms with Gasteiger partial charge in [0.15, 0.2) is 5.96 Å². The van der Waals surface area contributed by atoms with Crippen molar-refractivity contribution in [2.45, 2.75) is 39.7 Å². The van der Waals surface area contributed by atoms with E-state index < -0.39 is 0 Å². The van der Waals surface area contributed by atoms with Crippen molar-refractivity contribution < 1.29 is 9.18 Å². The minimum atomic E-state index is -0.219. The second kappa shape index (κ2) is 13.9. The lowest BCUT2D eigenvalue weighted by atomic mass is 10.1. The van der Waals surface area contributed by atoms with Crippen molar-refractivity contribution in [3.63, 3.8) is 0 Å². The van der Waals surface area contributed by atoms with Crippen LogP contribution < -0.4 is 16.0 Å². The van der Waals surface area contributed by atoms with Crippen molar-refractivity contribution in [3.05, 3.63) is 65.5 Å². The number of hydrogen-bond donors (Lipinski definition) is 3. The maximum absolute atomic E-state index is 13.3. The van der Waals surface area contributed by atoms with E-state index in [0.29, 0.717) is 31.9 Å². The van der Waals surface area contributed by atoms with Crippen molar-refractivity contribution in [1.82, 2.24) is 10.6 Å². The number of amides is 1. The number of anilines is 1. The lowest BCUT2D eigenvalue weighted by Crippen LogP contribution is -2.38. The predicted molar refractivity (Wildman–Crippen MR) is 128 cm³/mol. The molecule has 2 aromatic carbocycles. The first-order valence-corrected chi connectivity index (χ1v) is 9.76. The quantitative estimate of drug-likeness (QED) is 0.264. The first kappa shape index (κ1) is 24.9. The second-order valence-electron chi connectivity index (χ2n) is 6.50. The van der Waals surface area contributed by atoms with Crippen molar-refractivity contribution in [1.29, 1.82) is 0 Å². The highest BCUT2D eigenvalue weighted by Gasteiger charge is 2.03. The Morgan fingerprint density at radius 3 is 2.52 bits per heavy atom. The molecule has 2 rings (SSSR count). The number of nitrogens with one attached hydrogen (secondary N) is 3. The Hall–Kier alpha value is -2.16. The van der Waals surface area contributed by atoms with Crippen molar-refractivity contribution in [3.8, 4) is 0 Å². The average molecular weight is 512 g/mol. The van der Waals surface area contributed by atoms with Crippen LogP contribution in [0.4, 0.5) is 10.1 Å². The van der Waals surface area contributed by atoms with Gasteiger partial charge >= 0.3 is 0 Å².